The van der Waals surface area contributed by atoms with Gasteiger partial charge in [-0.25, -0.2) is 0 Å². The van der Waals surface area contributed by atoms with E-state index in [2.05, 4.69) is 4.98 Å². The summed E-state index contributed by atoms with van der Waals surface area (Å²) in [6, 6.07) is 9.84. The van der Waals surface area contributed by atoms with E-state index in [1.165, 1.54) is 36.5 Å². The van der Waals surface area contributed by atoms with Gasteiger partial charge in [0.25, 0.3) is 0 Å². The second-order valence-corrected chi connectivity index (χ2v) is 6.45. The van der Waals surface area contributed by atoms with E-state index in [9.17, 15) is 36.2 Å². The van der Waals surface area contributed by atoms with Gasteiger partial charge in [-0.1, -0.05) is 24.3 Å². The minimum Gasteiger partial charge on any atom is -0.481 e. The molecule has 0 radical (unpaired) electrons. The molecular weight excluding hydrogens is 412 g/mol. The first-order chi connectivity index (χ1) is 13.9. The molecule has 0 aliphatic rings. The van der Waals surface area contributed by atoms with Gasteiger partial charge < -0.3 is 5.11 Å². The fourth-order valence-electron chi connectivity index (χ4n) is 2.89. The number of aromatic nitrogens is 1. The van der Waals surface area contributed by atoms with Gasteiger partial charge in [-0.2, -0.15) is 26.3 Å². The van der Waals surface area contributed by atoms with Crippen molar-refractivity contribution in [1.29, 1.82) is 0 Å². The van der Waals surface area contributed by atoms with Gasteiger partial charge in [0.15, 0.2) is 0 Å². The summed E-state index contributed by atoms with van der Waals surface area (Å²) < 4.78 is 76.4. The number of rotatable bonds is 4. The van der Waals surface area contributed by atoms with Gasteiger partial charge in [-0.3, -0.25) is 9.78 Å². The van der Waals surface area contributed by atoms with E-state index < -0.39 is 35.9 Å². The standard InChI is InChI=1S/C21H13F6NO2/c22-20(23,24)16-5-1-12(2-6-16)15-9-14(10-18(29)30)19(28-11-15)13-3-7-17(8-4-13)21(25,26)27/h1-9,11H,10H2,(H,29,30). The molecule has 1 aromatic heterocycles. The number of hydrogen-bond donors (Lipinski definition) is 1. The van der Waals surface area contributed by atoms with E-state index in [4.69, 9.17) is 0 Å². The number of halogens is 6. The molecule has 2 aromatic carbocycles. The first-order valence-corrected chi connectivity index (χ1v) is 8.51. The van der Waals surface area contributed by atoms with E-state index in [1.54, 1.807) is 0 Å². The summed E-state index contributed by atoms with van der Waals surface area (Å²) in [6.45, 7) is 0. The van der Waals surface area contributed by atoms with Gasteiger partial charge in [0.1, 0.15) is 0 Å². The Kier molecular flexibility index (Phi) is 5.56. The van der Waals surface area contributed by atoms with Crippen LogP contribution in [0.1, 0.15) is 16.7 Å². The van der Waals surface area contributed by atoms with Crippen LogP contribution >= 0.6 is 0 Å². The number of alkyl halides is 6. The Bertz CT molecular complexity index is 1050. The van der Waals surface area contributed by atoms with Crippen LogP contribution in [0.15, 0.2) is 60.8 Å². The van der Waals surface area contributed by atoms with Crippen LogP contribution in [0.3, 0.4) is 0 Å². The average molecular weight is 425 g/mol. The molecule has 3 aromatic rings. The minimum atomic E-state index is -4.51. The molecular formula is C21H13F6NO2. The van der Waals surface area contributed by atoms with E-state index >= 15 is 0 Å². The molecule has 9 heteroatoms. The minimum absolute atomic E-state index is 0.182. The maximum atomic E-state index is 12.8. The zero-order chi connectivity index (χ0) is 22.1. The number of carboxylic acids is 1. The van der Waals surface area contributed by atoms with Gasteiger partial charge in [0.2, 0.25) is 0 Å². The molecule has 0 spiro atoms. The van der Waals surface area contributed by atoms with Crippen molar-refractivity contribution in [3.63, 3.8) is 0 Å². The number of benzene rings is 2. The Morgan fingerprint density at radius 1 is 0.767 bits per heavy atom. The Morgan fingerprint density at radius 3 is 1.67 bits per heavy atom. The van der Waals surface area contributed by atoms with Gasteiger partial charge in [0, 0.05) is 17.3 Å². The van der Waals surface area contributed by atoms with Crippen molar-refractivity contribution in [2.75, 3.05) is 0 Å². The van der Waals surface area contributed by atoms with Crippen LogP contribution in [0.2, 0.25) is 0 Å². The summed E-state index contributed by atoms with van der Waals surface area (Å²) in [5, 5.41) is 9.17. The summed E-state index contributed by atoms with van der Waals surface area (Å²) in [6.07, 6.45) is -8.13. The maximum Gasteiger partial charge on any atom is 0.416 e. The van der Waals surface area contributed by atoms with Crippen molar-refractivity contribution in [3.8, 4) is 22.4 Å². The number of carboxylic acid groups (broad SMARTS) is 1. The molecule has 0 aliphatic heterocycles. The normalized spacial score (nSPS) is 12.1. The monoisotopic (exact) mass is 425 g/mol. The third kappa shape index (κ3) is 4.79. The molecule has 0 bridgehead atoms. The summed E-state index contributed by atoms with van der Waals surface area (Å²) in [7, 11) is 0. The molecule has 1 heterocycles. The Hall–Kier alpha value is -3.36. The van der Waals surface area contributed by atoms with E-state index in [0.29, 0.717) is 16.7 Å². The Balaban J connectivity index is 2.01. The van der Waals surface area contributed by atoms with E-state index in [-0.39, 0.29) is 11.3 Å². The van der Waals surface area contributed by atoms with Crippen molar-refractivity contribution < 1.29 is 36.2 Å². The second kappa shape index (κ2) is 7.81. The molecule has 3 rings (SSSR count). The summed E-state index contributed by atoms with van der Waals surface area (Å²) in [5.41, 5.74) is -0.213. The van der Waals surface area contributed by atoms with Crippen molar-refractivity contribution in [2.24, 2.45) is 0 Å². The highest BCUT2D eigenvalue weighted by Crippen LogP contribution is 2.34. The highest BCUT2D eigenvalue weighted by molar-refractivity contribution is 5.77. The summed E-state index contributed by atoms with van der Waals surface area (Å²) in [5.74, 6) is -1.19. The molecule has 0 amide bonds. The molecule has 1 N–H and O–H groups in total. The van der Waals surface area contributed by atoms with Crippen LogP contribution in [0.25, 0.3) is 22.4 Å². The van der Waals surface area contributed by atoms with Crippen LogP contribution in [0.4, 0.5) is 26.3 Å². The highest BCUT2D eigenvalue weighted by atomic mass is 19.4. The topological polar surface area (TPSA) is 50.2 Å². The molecule has 3 nitrogen and oxygen atoms in total. The van der Waals surface area contributed by atoms with Crippen LogP contribution in [-0.2, 0) is 23.6 Å². The van der Waals surface area contributed by atoms with Gasteiger partial charge in [-0.05, 0) is 41.5 Å². The number of hydrogen-bond acceptors (Lipinski definition) is 2. The van der Waals surface area contributed by atoms with Gasteiger partial charge in [-0.15, -0.1) is 0 Å². The molecule has 0 saturated carbocycles. The first kappa shape index (κ1) is 21.4. The molecule has 30 heavy (non-hydrogen) atoms. The fraction of sp³-hybridized carbons (Fsp3) is 0.143. The smallest absolute Gasteiger partial charge is 0.416 e. The zero-order valence-electron chi connectivity index (χ0n) is 15.1. The lowest BCUT2D eigenvalue weighted by Crippen LogP contribution is -2.06. The predicted octanol–water partition coefficient (Wildman–Crippen LogP) is 6.08. The molecule has 0 fully saturated rings. The maximum absolute atomic E-state index is 12.8. The molecule has 0 saturated heterocycles. The summed E-state index contributed by atoms with van der Waals surface area (Å²) in [4.78, 5) is 15.4. The number of aliphatic carboxylic acids is 1. The van der Waals surface area contributed by atoms with Crippen molar-refractivity contribution in [3.05, 3.63) is 77.5 Å². The second-order valence-electron chi connectivity index (χ2n) is 6.45. The fourth-order valence-corrected chi connectivity index (χ4v) is 2.89. The molecule has 0 aliphatic carbocycles. The van der Waals surface area contributed by atoms with Gasteiger partial charge >= 0.3 is 18.3 Å². The SMILES string of the molecule is O=C(O)Cc1cc(-c2ccc(C(F)(F)F)cc2)cnc1-c1ccc(C(F)(F)F)cc1. The number of pyridine rings is 1. The van der Waals surface area contributed by atoms with Crippen LogP contribution < -0.4 is 0 Å². The predicted molar refractivity (Wildman–Crippen MR) is 96.5 cm³/mol. The van der Waals surface area contributed by atoms with Crippen LogP contribution in [0.5, 0.6) is 0 Å². The van der Waals surface area contributed by atoms with Crippen LogP contribution in [-0.4, -0.2) is 16.1 Å². The first-order valence-electron chi connectivity index (χ1n) is 8.51. The van der Waals surface area contributed by atoms with Crippen molar-refractivity contribution >= 4 is 5.97 Å². The third-order valence-electron chi connectivity index (χ3n) is 4.34. The lowest BCUT2D eigenvalue weighted by atomic mass is 9.98. The lowest BCUT2D eigenvalue weighted by molar-refractivity contribution is -0.138. The number of nitrogens with zero attached hydrogens (tertiary/aromatic N) is 1. The highest BCUT2D eigenvalue weighted by Gasteiger charge is 2.31. The quantitative estimate of drug-likeness (QED) is 0.516. The van der Waals surface area contributed by atoms with E-state index in [1.807, 2.05) is 0 Å². The summed E-state index contributed by atoms with van der Waals surface area (Å²) >= 11 is 0. The molecule has 0 atom stereocenters. The largest absolute Gasteiger partial charge is 0.481 e. The zero-order valence-corrected chi connectivity index (χ0v) is 15.1. The van der Waals surface area contributed by atoms with E-state index in [0.717, 1.165) is 24.3 Å². The van der Waals surface area contributed by atoms with Gasteiger partial charge in [0.05, 0.1) is 23.2 Å². The lowest BCUT2D eigenvalue weighted by Gasteiger charge is -2.12. The van der Waals surface area contributed by atoms with Crippen molar-refractivity contribution in [2.45, 2.75) is 18.8 Å². The Labute approximate surface area is 166 Å². The molecule has 0 unspecified atom stereocenters. The van der Waals surface area contributed by atoms with Crippen molar-refractivity contribution in [1.82, 2.24) is 4.98 Å². The Morgan fingerprint density at radius 2 is 1.23 bits per heavy atom. The van der Waals surface area contributed by atoms with Crippen LogP contribution in [0, 0.1) is 0 Å². The number of carbonyl (C=O) groups is 1. The third-order valence-corrected chi connectivity index (χ3v) is 4.34. The molecule has 156 valence electrons. The average Bonchev–Trinajstić information content (AvgIpc) is 2.66.